The van der Waals surface area contributed by atoms with Crippen LogP contribution in [0.4, 0.5) is 0 Å². The summed E-state index contributed by atoms with van der Waals surface area (Å²) in [4.78, 5) is -0.283. The summed E-state index contributed by atoms with van der Waals surface area (Å²) in [5, 5.41) is 0. The quantitative estimate of drug-likeness (QED) is 0.332. The third-order valence-corrected chi connectivity index (χ3v) is 5.13. The molecule has 0 N–H and O–H groups in total. The molecule has 4 nitrogen and oxygen atoms in total. The molecule has 2 rings (SSSR count). The Kier molecular flexibility index (Phi) is 11.3. The van der Waals surface area contributed by atoms with E-state index in [-0.39, 0.29) is 34.5 Å². The minimum absolute atomic E-state index is 0. The second-order valence-corrected chi connectivity index (χ2v) is 7.93. The van der Waals surface area contributed by atoms with E-state index in [0.717, 1.165) is 12.8 Å². The average Bonchev–Trinajstić information content (AvgIpc) is 2.61. The molecule has 0 saturated heterocycles. The molecule has 0 fully saturated rings. The summed E-state index contributed by atoms with van der Waals surface area (Å²) in [5.41, 5.74) is 1.20. The van der Waals surface area contributed by atoms with Crippen molar-refractivity contribution in [1.29, 1.82) is 0 Å². The Morgan fingerprint density at radius 1 is 0.852 bits per heavy atom. The van der Waals surface area contributed by atoms with Gasteiger partial charge in [-0.3, -0.25) is 0 Å². The smallest absolute Gasteiger partial charge is 0.744 e. The molecule has 0 aliphatic carbocycles. The molecular weight excluding hydrogens is 371 g/mol. The van der Waals surface area contributed by atoms with Gasteiger partial charge in [0.2, 0.25) is 0 Å². The molecule has 0 unspecified atom stereocenters. The number of unbranched alkanes of at least 4 members (excludes halogenated alkanes) is 6. The molecule has 142 valence electrons. The van der Waals surface area contributed by atoms with Crippen molar-refractivity contribution in [2.45, 2.75) is 63.2 Å². The number of benzene rings is 2. The predicted molar refractivity (Wildman–Crippen MR) is 103 cm³/mol. The third kappa shape index (κ3) is 9.26. The van der Waals surface area contributed by atoms with E-state index in [2.05, 4.69) is 13.0 Å². The molecule has 0 aromatic heterocycles. The van der Waals surface area contributed by atoms with E-state index in [1.165, 1.54) is 62.3 Å². The topological polar surface area (TPSA) is 66.4 Å². The molecule has 0 saturated carbocycles. The van der Waals surface area contributed by atoms with Crippen LogP contribution in [0.5, 0.6) is 11.5 Å². The molecule has 0 amide bonds. The van der Waals surface area contributed by atoms with Crippen LogP contribution < -0.4 is 34.3 Å². The number of hydrogen-bond donors (Lipinski definition) is 0. The zero-order valence-electron chi connectivity index (χ0n) is 16.3. The summed E-state index contributed by atoms with van der Waals surface area (Å²) in [6.07, 6.45) is 9.92. The molecular formula is C21H27NaO4S. The molecule has 0 spiro atoms. The maximum atomic E-state index is 11.1. The summed E-state index contributed by atoms with van der Waals surface area (Å²) in [6, 6.07) is 13.5. The van der Waals surface area contributed by atoms with Crippen molar-refractivity contribution in [2.75, 3.05) is 0 Å². The summed E-state index contributed by atoms with van der Waals surface area (Å²) < 4.78 is 39.1. The minimum atomic E-state index is -4.48. The number of hydrogen-bond acceptors (Lipinski definition) is 4. The monoisotopic (exact) mass is 398 g/mol. The van der Waals surface area contributed by atoms with Gasteiger partial charge in [0.25, 0.3) is 0 Å². The molecule has 0 bridgehead atoms. The summed E-state index contributed by atoms with van der Waals surface area (Å²) in [5.74, 6) is 0.987. The van der Waals surface area contributed by atoms with Gasteiger partial charge in [0.1, 0.15) is 21.6 Å². The van der Waals surface area contributed by atoms with E-state index in [4.69, 9.17) is 4.74 Å². The van der Waals surface area contributed by atoms with Gasteiger partial charge in [-0.1, -0.05) is 63.6 Å². The zero-order valence-corrected chi connectivity index (χ0v) is 19.1. The Labute approximate surface area is 185 Å². The van der Waals surface area contributed by atoms with Crippen LogP contribution in [0.25, 0.3) is 0 Å². The second-order valence-electron chi connectivity index (χ2n) is 6.55. The van der Waals surface area contributed by atoms with E-state index >= 15 is 0 Å². The molecule has 27 heavy (non-hydrogen) atoms. The first-order valence-electron chi connectivity index (χ1n) is 9.32. The van der Waals surface area contributed by atoms with Gasteiger partial charge >= 0.3 is 29.6 Å². The van der Waals surface area contributed by atoms with Gasteiger partial charge in [-0.2, -0.15) is 0 Å². The molecule has 0 aliphatic rings. The second kappa shape index (κ2) is 12.6. The van der Waals surface area contributed by atoms with Crippen LogP contribution in [0.3, 0.4) is 0 Å². The van der Waals surface area contributed by atoms with E-state index in [0.29, 0.717) is 11.5 Å². The van der Waals surface area contributed by atoms with Crippen molar-refractivity contribution in [3.8, 4) is 11.5 Å². The van der Waals surface area contributed by atoms with Crippen LogP contribution in [-0.2, 0) is 16.5 Å². The standard InChI is InChI=1S/C21H28O4S.Na/c1-2-3-4-5-6-7-8-11-18-12-9-13-19(16-18)25-20-14-10-15-21(17-20)26(22,23)24;/h9-10,12-17H,2-8,11H2,1H3,(H,22,23,24);/q;+1/p-1. The molecule has 0 aliphatic heterocycles. The first kappa shape index (κ1) is 24.2. The van der Waals surface area contributed by atoms with E-state index < -0.39 is 10.1 Å². The fraction of sp³-hybridized carbons (Fsp3) is 0.429. The fourth-order valence-corrected chi connectivity index (χ4v) is 3.39. The summed E-state index contributed by atoms with van der Waals surface area (Å²) >= 11 is 0. The summed E-state index contributed by atoms with van der Waals surface area (Å²) in [6.45, 7) is 2.23. The molecule has 2 aromatic rings. The Balaban J connectivity index is 0.00000364. The van der Waals surface area contributed by atoms with Crippen LogP contribution in [0, 0.1) is 0 Å². The molecule has 0 atom stereocenters. The van der Waals surface area contributed by atoms with Crippen LogP contribution in [-0.4, -0.2) is 13.0 Å². The Hall–Kier alpha value is -0.850. The van der Waals surface area contributed by atoms with Crippen molar-refractivity contribution < 1.29 is 47.3 Å². The normalized spacial score (nSPS) is 11.0. The maximum absolute atomic E-state index is 11.1. The fourth-order valence-electron chi connectivity index (χ4n) is 2.88. The van der Waals surface area contributed by atoms with Crippen molar-refractivity contribution >= 4 is 10.1 Å². The van der Waals surface area contributed by atoms with Crippen molar-refractivity contribution in [3.05, 3.63) is 54.1 Å². The van der Waals surface area contributed by atoms with Gasteiger partial charge in [0.05, 0.1) is 4.90 Å². The van der Waals surface area contributed by atoms with Gasteiger partial charge in [0, 0.05) is 0 Å². The third-order valence-electron chi connectivity index (χ3n) is 4.30. The van der Waals surface area contributed by atoms with Crippen LogP contribution in [0.2, 0.25) is 0 Å². The average molecular weight is 399 g/mol. The Morgan fingerprint density at radius 2 is 1.44 bits per heavy atom. The number of ether oxygens (including phenoxy) is 1. The maximum Gasteiger partial charge on any atom is 1.00 e. The zero-order chi connectivity index (χ0) is 18.8. The van der Waals surface area contributed by atoms with Crippen molar-refractivity contribution in [1.82, 2.24) is 0 Å². The molecule has 2 aromatic carbocycles. The number of rotatable bonds is 11. The van der Waals surface area contributed by atoms with E-state index in [1.54, 1.807) is 6.07 Å². The molecule has 6 heteroatoms. The SMILES string of the molecule is CCCCCCCCCc1cccc(Oc2cccc(S(=O)(=O)[O-])c2)c1.[Na+]. The predicted octanol–water partition coefficient (Wildman–Crippen LogP) is 2.68. The first-order valence-corrected chi connectivity index (χ1v) is 10.7. The van der Waals surface area contributed by atoms with E-state index in [9.17, 15) is 13.0 Å². The van der Waals surface area contributed by atoms with E-state index in [1.807, 2.05) is 18.2 Å². The van der Waals surface area contributed by atoms with Crippen molar-refractivity contribution in [3.63, 3.8) is 0 Å². The Morgan fingerprint density at radius 3 is 2.11 bits per heavy atom. The number of aryl methyl sites for hydroxylation is 1. The van der Waals surface area contributed by atoms with Gasteiger partial charge in [-0.15, -0.1) is 0 Å². The molecule has 0 heterocycles. The van der Waals surface area contributed by atoms with Crippen LogP contribution in [0.15, 0.2) is 53.4 Å². The van der Waals surface area contributed by atoms with Crippen LogP contribution in [0.1, 0.15) is 57.4 Å². The first-order chi connectivity index (χ1) is 12.5. The van der Waals surface area contributed by atoms with Gasteiger partial charge in [0.15, 0.2) is 0 Å². The summed E-state index contributed by atoms with van der Waals surface area (Å²) in [7, 11) is -4.48. The molecule has 0 radical (unpaired) electrons. The van der Waals surface area contributed by atoms with Crippen molar-refractivity contribution in [2.24, 2.45) is 0 Å². The van der Waals surface area contributed by atoms with Gasteiger partial charge in [-0.05, 0) is 48.7 Å². The Bertz CT molecular complexity index is 790. The van der Waals surface area contributed by atoms with Gasteiger partial charge in [-0.25, -0.2) is 8.42 Å². The largest absolute Gasteiger partial charge is 1.00 e. The van der Waals surface area contributed by atoms with Crippen LogP contribution >= 0.6 is 0 Å². The van der Waals surface area contributed by atoms with Gasteiger partial charge < -0.3 is 9.29 Å². The minimum Gasteiger partial charge on any atom is -0.744 e.